The molecule has 3 N–H and O–H groups in total. The van der Waals surface area contributed by atoms with E-state index in [-0.39, 0.29) is 12.5 Å². The Hall–Kier alpha value is -4.22. The number of H-pyrrole nitrogens is 1. The Morgan fingerprint density at radius 2 is 1.30 bits per heavy atom. The van der Waals surface area contributed by atoms with Gasteiger partial charge in [-0.2, -0.15) is 5.10 Å². The largest absolute Gasteiger partial charge is 0.325 e. The lowest BCUT2D eigenvalue weighted by molar-refractivity contribution is -0.115. The van der Waals surface area contributed by atoms with Crippen molar-refractivity contribution in [2.45, 2.75) is 5.54 Å². The van der Waals surface area contributed by atoms with Crippen molar-refractivity contribution in [3.8, 4) is 0 Å². The van der Waals surface area contributed by atoms with Gasteiger partial charge < -0.3 is 5.32 Å². The molecule has 1 amide bonds. The molecule has 0 aliphatic rings. The summed E-state index contributed by atoms with van der Waals surface area (Å²) in [4.78, 5) is 13.0. The molecule has 4 aromatic carbocycles. The number of rotatable bonds is 7. The SMILES string of the molecule is O=C(CNC(c1ccccc1)(c1ccccc1)c1ccccc1)Nc1ccc2[nH]ncc2c1. The molecule has 0 fully saturated rings. The molecule has 0 aliphatic carbocycles. The number of anilines is 1. The molecule has 5 heteroatoms. The molecule has 33 heavy (non-hydrogen) atoms. The number of hydrogen-bond acceptors (Lipinski definition) is 3. The minimum absolute atomic E-state index is 0.120. The molecule has 0 saturated carbocycles. The first kappa shape index (κ1) is 20.7. The van der Waals surface area contributed by atoms with Crippen molar-refractivity contribution in [1.82, 2.24) is 15.5 Å². The highest BCUT2D eigenvalue weighted by molar-refractivity contribution is 5.94. The van der Waals surface area contributed by atoms with Crippen molar-refractivity contribution in [3.05, 3.63) is 132 Å². The van der Waals surface area contributed by atoms with E-state index in [2.05, 4.69) is 57.2 Å². The van der Waals surface area contributed by atoms with Gasteiger partial charge in [0.1, 0.15) is 0 Å². The molecule has 0 unspecified atom stereocenters. The van der Waals surface area contributed by atoms with E-state index in [4.69, 9.17) is 0 Å². The molecule has 0 saturated heterocycles. The Balaban J connectivity index is 1.49. The number of amides is 1. The topological polar surface area (TPSA) is 69.8 Å². The van der Waals surface area contributed by atoms with Crippen LogP contribution in [0.5, 0.6) is 0 Å². The fourth-order valence-electron chi connectivity index (χ4n) is 4.31. The summed E-state index contributed by atoms with van der Waals surface area (Å²) in [5, 5.41) is 14.5. The summed E-state index contributed by atoms with van der Waals surface area (Å²) in [7, 11) is 0. The third-order valence-electron chi connectivity index (χ3n) is 5.86. The van der Waals surface area contributed by atoms with Crippen LogP contribution in [0.2, 0.25) is 0 Å². The smallest absolute Gasteiger partial charge is 0.238 e. The molecule has 0 bridgehead atoms. The van der Waals surface area contributed by atoms with Gasteiger partial charge in [-0.15, -0.1) is 0 Å². The number of benzene rings is 4. The van der Waals surface area contributed by atoms with Crippen molar-refractivity contribution >= 4 is 22.5 Å². The maximum Gasteiger partial charge on any atom is 0.238 e. The van der Waals surface area contributed by atoms with E-state index < -0.39 is 5.54 Å². The van der Waals surface area contributed by atoms with Gasteiger partial charge in [-0.3, -0.25) is 15.2 Å². The van der Waals surface area contributed by atoms with E-state index in [1.165, 1.54) is 0 Å². The Labute approximate surface area is 192 Å². The molecular weight excluding hydrogens is 408 g/mol. The van der Waals surface area contributed by atoms with Gasteiger partial charge in [0.05, 0.1) is 23.8 Å². The molecule has 5 aromatic rings. The van der Waals surface area contributed by atoms with E-state index in [9.17, 15) is 4.79 Å². The van der Waals surface area contributed by atoms with Crippen LogP contribution in [0.25, 0.3) is 10.9 Å². The van der Waals surface area contributed by atoms with Crippen LogP contribution in [0.1, 0.15) is 16.7 Å². The zero-order valence-electron chi connectivity index (χ0n) is 18.0. The van der Waals surface area contributed by atoms with Crippen LogP contribution in [0.3, 0.4) is 0 Å². The molecule has 0 atom stereocenters. The van der Waals surface area contributed by atoms with Crippen LogP contribution in [0.4, 0.5) is 5.69 Å². The average molecular weight is 433 g/mol. The molecule has 0 spiro atoms. The first-order chi connectivity index (χ1) is 16.3. The molecule has 0 aliphatic heterocycles. The number of hydrogen-bond donors (Lipinski definition) is 3. The van der Waals surface area contributed by atoms with Gasteiger partial charge in [0.2, 0.25) is 5.91 Å². The van der Waals surface area contributed by atoms with Gasteiger partial charge in [-0.1, -0.05) is 91.0 Å². The monoisotopic (exact) mass is 432 g/mol. The summed E-state index contributed by atoms with van der Waals surface area (Å²) in [6.07, 6.45) is 1.74. The fourth-order valence-corrected chi connectivity index (χ4v) is 4.31. The Morgan fingerprint density at radius 1 is 0.758 bits per heavy atom. The molecule has 5 nitrogen and oxygen atoms in total. The number of nitrogens with zero attached hydrogens (tertiary/aromatic N) is 1. The fraction of sp³-hybridized carbons (Fsp3) is 0.0714. The van der Waals surface area contributed by atoms with Crippen molar-refractivity contribution < 1.29 is 4.79 Å². The van der Waals surface area contributed by atoms with E-state index in [1.54, 1.807) is 6.20 Å². The second-order valence-electron chi connectivity index (χ2n) is 7.92. The maximum atomic E-state index is 13.0. The van der Waals surface area contributed by atoms with Crippen LogP contribution >= 0.6 is 0 Å². The Kier molecular flexibility index (Phi) is 5.70. The van der Waals surface area contributed by atoms with Crippen LogP contribution in [0.15, 0.2) is 115 Å². The number of carbonyl (C=O) groups excluding carboxylic acids is 1. The van der Waals surface area contributed by atoms with Crippen molar-refractivity contribution in [2.24, 2.45) is 0 Å². The number of aromatic nitrogens is 2. The molecule has 5 rings (SSSR count). The van der Waals surface area contributed by atoms with Gasteiger partial charge in [-0.25, -0.2) is 0 Å². The van der Waals surface area contributed by atoms with Gasteiger partial charge in [0.15, 0.2) is 0 Å². The highest BCUT2D eigenvalue weighted by Gasteiger charge is 2.36. The number of nitrogens with one attached hydrogen (secondary N) is 3. The van der Waals surface area contributed by atoms with E-state index in [0.717, 1.165) is 33.3 Å². The van der Waals surface area contributed by atoms with Crippen LogP contribution in [0, 0.1) is 0 Å². The molecular formula is C28H24N4O. The highest BCUT2D eigenvalue weighted by Crippen LogP contribution is 2.36. The highest BCUT2D eigenvalue weighted by atomic mass is 16.1. The zero-order valence-corrected chi connectivity index (χ0v) is 18.0. The summed E-state index contributed by atoms with van der Waals surface area (Å²) < 4.78 is 0. The normalized spacial score (nSPS) is 11.4. The summed E-state index contributed by atoms with van der Waals surface area (Å²) in [6, 6.07) is 36.4. The van der Waals surface area contributed by atoms with Crippen molar-refractivity contribution in [1.29, 1.82) is 0 Å². The third kappa shape index (κ3) is 4.14. The molecule has 0 radical (unpaired) electrons. The zero-order chi connectivity index (χ0) is 22.5. The number of fused-ring (bicyclic) bond motifs is 1. The summed E-state index contributed by atoms with van der Waals surface area (Å²) in [5.41, 5.74) is 4.18. The standard InChI is InChI=1S/C28H24N4O/c33-27(31-25-16-17-26-21(18-25)19-30-32-26)20-29-28(22-10-4-1-5-11-22,23-12-6-2-7-13-23)24-14-8-3-9-15-24/h1-19,29H,20H2,(H,30,32)(H,31,33). The Bertz CT molecular complexity index is 1250. The van der Waals surface area contributed by atoms with Gasteiger partial charge in [0, 0.05) is 11.1 Å². The lowest BCUT2D eigenvalue weighted by atomic mass is 9.77. The minimum Gasteiger partial charge on any atom is -0.325 e. The molecule has 1 aromatic heterocycles. The predicted octanol–water partition coefficient (Wildman–Crippen LogP) is 5.08. The average Bonchev–Trinajstić information content (AvgIpc) is 3.34. The van der Waals surface area contributed by atoms with Gasteiger partial charge in [-0.05, 0) is 34.9 Å². The van der Waals surface area contributed by atoms with Gasteiger partial charge >= 0.3 is 0 Å². The lowest BCUT2D eigenvalue weighted by Crippen LogP contribution is -2.47. The summed E-state index contributed by atoms with van der Waals surface area (Å²) in [5.74, 6) is -0.120. The second kappa shape index (κ2) is 9.10. The quantitative estimate of drug-likeness (QED) is 0.314. The van der Waals surface area contributed by atoms with Gasteiger partial charge in [0.25, 0.3) is 0 Å². The van der Waals surface area contributed by atoms with Crippen molar-refractivity contribution in [2.75, 3.05) is 11.9 Å². The van der Waals surface area contributed by atoms with E-state index in [0.29, 0.717) is 0 Å². The van der Waals surface area contributed by atoms with Crippen LogP contribution < -0.4 is 10.6 Å². The number of carbonyl (C=O) groups is 1. The third-order valence-corrected chi connectivity index (χ3v) is 5.86. The Morgan fingerprint density at radius 3 is 1.85 bits per heavy atom. The first-order valence-corrected chi connectivity index (χ1v) is 10.9. The van der Waals surface area contributed by atoms with E-state index >= 15 is 0 Å². The molecule has 162 valence electrons. The van der Waals surface area contributed by atoms with Crippen LogP contribution in [-0.2, 0) is 10.3 Å². The summed E-state index contributed by atoms with van der Waals surface area (Å²) in [6.45, 7) is 0.127. The first-order valence-electron chi connectivity index (χ1n) is 10.9. The van der Waals surface area contributed by atoms with E-state index in [1.807, 2.05) is 72.8 Å². The summed E-state index contributed by atoms with van der Waals surface area (Å²) >= 11 is 0. The number of aromatic amines is 1. The van der Waals surface area contributed by atoms with Crippen molar-refractivity contribution in [3.63, 3.8) is 0 Å². The van der Waals surface area contributed by atoms with Crippen LogP contribution in [-0.4, -0.2) is 22.6 Å². The molecule has 1 heterocycles. The maximum absolute atomic E-state index is 13.0. The second-order valence-corrected chi connectivity index (χ2v) is 7.92. The predicted molar refractivity (Wildman–Crippen MR) is 132 cm³/mol. The minimum atomic E-state index is -0.685. The lowest BCUT2D eigenvalue weighted by Gasteiger charge is -2.37.